The lowest BCUT2D eigenvalue weighted by Gasteiger charge is -2.43. The van der Waals surface area contributed by atoms with Gasteiger partial charge in [0.2, 0.25) is 0 Å². The van der Waals surface area contributed by atoms with E-state index in [2.05, 4.69) is 45.9 Å². The molecular formula is C37H44N8O5. The number of anilines is 3. The third kappa shape index (κ3) is 6.00. The van der Waals surface area contributed by atoms with Gasteiger partial charge in [-0.05, 0) is 66.6 Å². The summed E-state index contributed by atoms with van der Waals surface area (Å²) in [6.45, 7) is 8.17. The number of nitrogens with one attached hydrogen (secondary N) is 1. The van der Waals surface area contributed by atoms with E-state index >= 15 is 0 Å². The van der Waals surface area contributed by atoms with Crippen molar-refractivity contribution in [3.8, 4) is 16.9 Å². The SMILES string of the molecule is C[C@H]1CN(C(CO)CO)CCN1c1ccc(Nc2cc(-c3ccnc(-n4ccn5c6c(cc5c4=O)CC(C)(C)C6)c3CO)cn(C)c2=O)nc1. The van der Waals surface area contributed by atoms with E-state index in [9.17, 15) is 24.9 Å². The van der Waals surface area contributed by atoms with Crippen LogP contribution in [-0.4, -0.2) is 88.7 Å². The van der Waals surface area contributed by atoms with Crippen LogP contribution in [0.3, 0.4) is 0 Å². The Balaban J connectivity index is 1.16. The average molecular weight is 681 g/mol. The van der Waals surface area contributed by atoms with Crippen LogP contribution in [-0.2, 0) is 26.5 Å². The zero-order chi connectivity index (χ0) is 35.3. The number of aliphatic hydroxyl groups excluding tert-OH is 3. The molecule has 1 aliphatic heterocycles. The van der Waals surface area contributed by atoms with Crippen LogP contribution in [0.15, 0.2) is 70.9 Å². The lowest BCUT2D eigenvalue weighted by Crippen LogP contribution is -2.56. The van der Waals surface area contributed by atoms with E-state index in [0.717, 1.165) is 30.8 Å². The molecule has 262 valence electrons. The van der Waals surface area contributed by atoms with Crippen LogP contribution >= 0.6 is 0 Å². The molecule has 0 amide bonds. The summed E-state index contributed by atoms with van der Waals surface area (Å²) in [7, 11) is 1.67. The van der Waals surface area contributed by atoms with Crippen molar-refractivity contribution in [1.82, 2.24) is 28.4 Å². The molecule has 13 nitrogen and oxygen atoms in total. The fraction of sp³-hybridized carbons (Fsp3) is 0.405. The second-order valence-electron chi connectivity index (χ2n) is 14.3. The topological polar surface area (TPSA) is 153 Å². The fourth-order valence-electron chi connectivity index (χ4n) is 7.65. The molecule has 0 aromatic carbocycles. The number of aromatic nitrogens is 5. The Hall–Kier alpha value is -4.82. The summed E-state index contributed by atoms with van der Waals surface area (Å²) in [5, 5.41) is 33.0. The molecule has 13 heteroatoms. The van der Waals surface area contributed by atoms with E-state index < -0.39 is 0 Å². The Morgan fingerprint density at radius 2 is 1.80 bits per heavy atom. The minimum absolute atomic E-state index is 0.0830. The third-order valence-corrected chi connectivity index (χ3v) is 10.2. The van der Waals surface area contributed by atoms with E-state index in [4.69, 9.17) is 0 Å². The van der Waals surface area contributed by atoms with Gasteiger partial charge in [0.25, 0.3) is 11.1 Å². The monoisotopic (exact) mass is 680 g/mol. The lowest BCUT2D eigenvalue weighted by atomic mass is 9.90. The second kappa shape index (κ2) is 13.1. The molecule has 0 saturated carbocycles. The summed E-state index contributed by atoms with van der Waals surface area (Å²) >= 11 is 0. The van der Waals surface area contributed by atoms with Gasteiger partial charge in [-0.3, -0.25) is 19.1 Å². The number of hydrogen-bond acceptors (Lipinski definition) is 10. The van der Waals surface area contributed by atoms with Gasteiger partial charge in [-0.1, -0.05) is 13.8 Å². The van der Waals surface area contributed by atoms with Gasteiger partial charge in [-0.2, -0.15) is 0 Å². The van der Waals surface area contributed by atoms with Crippen LogP contribution in [0.5, 0.6) is 0 Å². The molecule has 1 aliphatic carbocycles. The zero-order valence-electron chi connectivity index (χ0n) is 28.9. The summed E-state index contributed by atoms with van der Waals surface area (Å²) in [5.41, 5.74) is 5.62. The van der Waals surface area contributed by atoms with E-state index in [-0.39, 0.29) is 48.4 Å². The Bertz CT molecular complexity index is 2170. The third-order valence-electron chi connectivity index (χ3n) is 10.2. The molecule has 7 rings (SSSR count). The van der Waals surface area contributed by atoms with Crippen molar-refractivity contribution < 1.29 is 15.3 Å². The summed E-state index contributed by atoms with van der Waals surface area (Å²) in [6, 6.07) is 9.14. The minimum Gasteiger partial charge on any atom is -0.395 e. The van der Waals surface area contributed by atoms with Crippen molar-refractivity contribution in [2.75, 3.05) is 43.1 Å². The van der Waals surface area contributed by atoms with Gasteiger partial charge in [0.1, 0.15) is 22.8 Å². The van der Waals surface area contributed by atoms with Gasteiger partial charge in [-0.25, -0.2) is 9.97 Å². The lowest BCUT2D eigenvalue weighted by molar-refractivity contribution is 0.0622. The number of pyridine rings is 3. The second-order valence-corrected chi connectivity index (χ2v) is 14.3. The first kappa shape index (κ1) is 33.7. The first-order chi connectivity index (χ1) is 24.0. The molecule has 0 bridgehead atoms. The van der Waals surface area contributed by atoms with Crippen molar-refractivity contribution >= 4 is 22.7 Å². The molecule has 50 heavy (non-hydrogen) atoms. The molecular weight excluding hydrogens is 636 g/mol. The van der Waals surface area contributed by atoms with Crippen molar-refractivity contribution in [2.45, 2.75) is 52.3 Å². The van der Waals surface area contributed by atoms with Crippen molar-refractivity contribution in [1.29, 1.82) is 0 Å². The highest BCUT2D eigenvalue weighted by molar-refractivity contribution is 5.73. The van der Waals surface area contributed by atoms with Crippen molar-refractivity contribution in [3.05, 3.63) is 98.8 Å². The highest BCUT2D eigenvalue weighted by Crippen LogP contribution is 2.37. The first-order valence-corrected chi connectivity index (χ1v) is 17.0. The molecule has 4 N–H and O–H groups in total. The van der Waals surface area contributed by atoms with Gasteiger partial charge in [-0.15, -0.1) is 0 Å². The molecule has 6 heterocycles. The minimum atomic E-state index is -0.371. The van der Waals surface area contributed by atoms with Gasteiger partial charge in [0.05, 0.1) is 37.7 Å². The number of aliphatic hydroxyl groups is 3. The largest absolute Gasteiger partial charge is 0.395 e. The van der Waals surface area contributed by atoms with Gasteiger partial charge >= 0.3 is 0 Å². The maximum Gasteiger partial charge on any atom is 0.280 e. The van der Waals surface area contributed by atoms with Crippen LogP contribution < -0.4 is 21.3 Å². The highest BCUT2D eigenvalue weighted by atomic mass is 16.3. The summed E-state index contributed by atoms with van der Waals surface area (Å²) in [4.78, 5) is 40.6. The van der Waals surface area contributed by atoms with E-state index in [0.29, 0.717) is 52.6 Å². The van der Waals surface area contributed by atoms with Crippen LogP contribution in [0.25, 0.3) is 22.5 Å². The number of fused-ring (bicyclic) bond motifs is 3. The number of piperazine rings is 1. The van der Waals surface area contributed by atoms with Crippen LogP contribution in [0, 0.1) is 5.41 Å². The van der Waals surface area contributed by atoms with Gasteiger partial charge < -0.3 is 34.5 Å². The molecule has 1 atom stereocenters. The smallest absolute Gasteiger partial charge is 0.280 e. The predicted octanol–water partition coefficient (Wildman–Crippen LogP) is 2.47. The number of hydrogen-bond donors (Lipinski definition) is 4. The molecule has 0 spiro atoms. The quantitative estimate of drug-likeness (QED) is 0.183. The molecule has 0 radical (unpaired) electrons. The normalized spacial score (nSPS) is 17.5. The Morgan fingerprint density at radius 3 is 2.50 bits per heavy atom. The number of rotatable bonds is 9. The van der Waals surface area contributed by atoms with Gasteiger partial charge in [0, 0.05) is 74.3 Å². The van der Waals surface area contributed by atoms with Crippen LogP contribution in [0.1, 0.15) is 37.6 Å². The summed E-state index contributed by atoms with van der Waals surface area (Å²) in [5.74, 6) is 0.827. The van der Waals surface area contributed by atoms with Gasteiger partial charge in [0.15, 0.2) is 0 Å². The zero-order valence-corrected chi connectivity index (χ0v) is 28.9. The van der Waals surface area contributed by atoms with E-state index in [1.165, 1.54) is 14.7 Å². The van der Waals surface area contributed by atoms with Crippen LogP contribution in [0.4, 0.5) is 17.2 Å². The molecule has 1 fully saturated rings. The Kier molecular flexibility index (Phi) is 8.85. The number of nitrogens with zero attached hydrogens (tertiary/aromatic N) is 7. The maximum absolute atomic E-state index is 13.8. The first-order valence-electron chi connectivity index (χ1n) is 17.0. The molecule has 5 aromatic heterocycles. The van der Waals surface area contributed by atoms with E-state index in [1.807, 2.05) is 28.8 Å². The molecule has 2 aliphatic rings. The van der Waals surface area contributed by atoms with Crippen molar-refractivity contribution in [3.63, 3.8) is 0 Å². The predicted molar refractivity (Wildman–Crippen MR) is 192 cm³/mol. The number of aryl methyl sites for hydroxylation is 1. The molecule has 1 saturated heterocycles. The summed E-state index contributed by atoms with van der Waals surface area (Å²) in [6.07, 6.45) is 10.5. The maximum atomic E-state index is 13.8. The Labute approximate surface area is 289 Å². The van der Waals surface area contributed by atoms with Crippen LogP contribution in [0.2, 0.25) is 0 Å². The summed E-state index contributed by atoms with van der Waals surface area (Å²) < 4.78 is 4.93. The standard InChI is InChI=1S/C37H44N8O5/c1-23-18-42(27(20-46)21-47)9-10-43(23)26-5-6-33(39-17-26)40-30-13-25(19-41(4)35(30)49)28-7-8-38-34(29(28)22-48)45-12-11-44-31(36(45)50)14-24-15-37(2,3)16-32(24)44/h5-8,11-14,17,19,23,27,46-48H,9-10,15-16,18,20-22H2,1-4H3,(H,39,40)/t23-/m0/s1. The highest BCUT2D eigenvalue weighted by Gasteiger charge is 2.32. The molecule has 0 unspecified atom stereocenters. The fourth-order valence-corrected chi connectivity index (χ4v) is 7.65. The Morgan fingerprint density at radius 1 is 1.00 bits per heavy atom. The van der Waals surface area contributed by atoms with Crippen molar-refractivity contribution in [2.24, 2.45) is 12.5 Å². The average Bonchev–Trinajstić information content (AvgIpc) is 3.59. The van der Waals surface area contributed by atoms with E-state index in [1.54, 1.807) is 44.0 Å². The molecule has 5 aromatic rings.